The van der Waals surface area contributed by atoms with Crippen LogP contribution in [0.3, 0.4) is 0 Å². The van der Waals surface area contributed by atoms with Gasteiger partial charge in [-0.2, -0.15) is 0 Å². The van der Waals surface area contributed by atoms with Crippen LogP contribution >= 0.6 is 11.3 Å². The first kappa shape index (κ1) is 14.6. The number of thiazole rings is 1. The summed E-state index contributed by atoms with van der Waals surface area (Å²) in [4.78, 5) is 17.0. The smallest absolute Gasteiger partial charge is 0.265 e. The van der Waals surface area contributed by atoms with E-state index in [2.05, 4.69) is 43.3 Å². The molecule has 0 aromatic carbocycles. The fourth-order valence-electron chi connectivity index (χ4n) is 3.08. The molecule has 116 valence electrons. The summed E-state index contributed by atoms with van der Waals surface area (Å²) in [6.07, 6.45) is 2.35. The Balaban J connectivity index is 1.59. The van der Waals surface area contributed by atoms with Crippen LogP contribution in [0.1, 0.15) is 50.2 Å². The Kier molecular flexibility index (Phi) is 3.20. The van der Waals surface area contributed by atoms with Gasteiger partial charge in [-0.25, -0.2) is 4.98 Å². The van der Waals surface area contributed by atoms with Gasteiger partial charge in [0.2, 0.25) is 0 Å². The van der Waals surface area contributed by atoms with Crippen LogP contribution in [-0.2, 0) is 0 Å². The quantitative estimate of drug-likeness (QED) is 0.781. The maximum atomic E-state index is 12.3. The van der Waals surface area contributed by atoms with E-state index < -0.39 is 0 Å². The molecule has 5 nitrogen and oxygen atoms in total. The third-order valence-electron chi connectivity index (χ3n) is 5.55. The van der Waals surface area contributed by atoms with Gasteiger partial charge in [-0.15, -0.1) is 0 Å². The maximum absolute atomic E-state index is 12.3. The molecule has 4 N–H and O–H groups in total. The second-order valence-corrected chi connectivity index (χ2v) is 8.36. The summed E-state index contributed by atoms with van der Waals surface area (Å²) in [5.41, 5.74) is 6.42. The van der Waals surface area contributed by atoms with Crippen LogP contribution in [0.15, 0.2) is 0 Å². The number of anilines is 2. The molecule has 2 aliphatic rings. The molecular weight excluding hydrogens is 284 g/mol. The van der Waals surface area contributed by atoms with Crippen molar-refractivity contribution in [2.75, 3.05) is 17.6 Å². The van der Waals surface area contributed by atoms with Crippen molar-refractivity contribution in [1.82, 2.24) is 10.3 Å². The molecule has 2 aliphatic carbocycles. The van der Waals surface area contributed by atoms with E-state index in [0.29, 0.717) is 29.2 Å². The van der Waals surface area contributed by atoms with Crippen molar-refractivity contribution in [3.05, 3.63) is 4.88 Å². The summed E-state index contributed by atoms with van der Waals surface area (Å²) in [5, 5.41) is 7.06. The number of aromatic nitrogens is 1. The van der Waals surface area contributed by atoms with Crippen LogP contribution in [0.4, 0.5) is 10.9 Å². The summed E-state index contributed by atoms with van der Waals surface area (Å²) in [7, 11) is 0. The van der Waals surface area contributed by atoms with Crippen LogP contribution in [0.5, 0.6) is 0 Å². The highest BCUT2D eigenvalue weighted by Crippen LogP contribution is 2.67. The Morgan fingerprint density at radius 1 is 1.33 bits per heavy atom. The van der Waals surface area contributed by atoms with Crippen LogP contribution in [0, 0.1) is 16.7 Å². The van der Waals surface area contributed by atoms with Gasteiger partial charge in [0.25, 0.3) is 5.91 Å². The van der Waals surface area contributed by atoms with E-state index in [9.17, 15) is 4.79 Å². The average molecular weight is 308 g/mol. The lowest BCUT2D eigenvalue weighted by Crippen LogP contribution is -2.27. The van der Waals surface area contributed by atoms with Crippen molar-refractivity contribution >= 4 is 28.2 Å². The first-order valence-corrected chi connectivity index (χ1v) is 8.36. The van der Waals surface area contributed by atoms with Crippen molar-refractivity contribution in [3.63, 3.8) is 0 Å². The molecule has 0 bridgehead atoms. The van der Waals surface area contributed by atoms with E-state index in [0.717, 1.165) is 5.13 Å². The Morgan fingerprint density at radius 3 is 2.48 bits per heavy atom. The molecule has 1 heterocycles. The van der Waals surface area contributed by atoms with Gasteiger partial charge in [0.05, 0.1) is 0 Å². The van der Waals surface area contributed by atoms with Crippen LogP contribution in [-0.4, -0.2) is 23.5 Å². The lowest BCUT2D eigenvalue weighted by Gasteiger charge is -2.05. The van der Waals surface area contributed by atoms with Gasteiger partial charge < -0.3 is 16.4 Å². The van der Waals surface area contributed by atoms with Crippen LogP contribution in [0.25, 0.3) is 0 Å². The summed E-state index contributed by atoms with van der Waals surface area (Å²) >= 11 is 1.35. The number of carbonyl (C=O) groups is 1. The summed E-state index contributed by atoms with van der Waals surface area (Å²) in [5.74, 6) is 0.731. The normalized spacial score (nSPS) is 22.9. The summed E-state index contributed by atoms with van der Waals surface area (Å²) < 4.78 is 0. The van der Waals surface area contributed by atoms with Crippen molar-refractivity contribution in [2.45, 2.75) is 46.6 Å². The number of amides is 1. The molecular formula is C15H24N4OS. The first-order valence-electron chi connectivity index (χ1n) is 7.54. The average Bonchev–Trinajstić information content (AvgIpc) is 3.19. The highest BCUT2D eigenvalue weighted by molar-refractivity contribution is 7.18. The third kappa shape index (κ3) is 2.50. The lowest BCUT2D eigenvalue weighted by atomic mass is 10.0. The van der Waals surface area contributed by atoms with E-state index in [4.69, 9.17) is 5.73 Å². The van der Waals surface area contributed by atoms with Gasteiger partial charge in [-0.05, 0) is 29.6 Å². The van der Waals surface area contributed by atoms with Gasteiger partial charge >= 0.3 is 0 Å². The SMILES string of the molecule is CC1(C)C(CNC(=O)c2sc(NC3CC3)nc2N)C1(C)C. The lowest BCUT2D eigenvalue weighted by molar-refractivity contribution is 0.0954. The predicted octanol–water partition coefficient (Wildman–Crippen LogP) is 2.71. The van der Waals surface area contributed by atoms with Crippen molar-refractivity contribution in [3.8, 4) is 0 Å². The largest absolute Gasteiger partial charge is 0.382 e. The molecule has 2 saturated carbocycles. The monoisotopic (exact) mass is 308 g/mol. The zero-order valence-corrected chi connectivity index (χ0v) is 13.9. The Morgan fingerprint density at radius 2 is 1.95 bits per heavy atom. The number of nitrogens with one attached hydrogen (secondary N) is 2. The molecule has 0 radical (unpaired) electrons. The summed E-state index contributed by atoms with van der Waals surface area (Å²) in [6.45, 7) is 9.71. The number of rotatable bonds is 5. The van der Waals surface area contributed by atoms with Gasteiger partial charge in [0.15, 0.2) is 5.13 Å². The van der Waals surface area contributed by atoms with Gasteiger partial charge in [-0.3, -0.25) is 4.79 Å². The van der Waals surface area contributed by atoms with E-state index in [1.807, 2.05) is 0 Å². The van der Waals surface area contributed by atoms with Gasteiger partial charge in [0, 0.05) is 12.6 Å². The standard InChI is InChI=1S/C15H24N4OS/c1-14(2)9(15(14,3)4)7-17-12(20)10-11(16)19-13(21-10)18-8-5-6-8/h8-9H,5-7,16H2,1-4H3,(H,17,20)(H,18,19). The molecule has 1 aromatic heterocycles. The van der Waals surface area contributed by atoms with Crippen LogP contribution in [0.2, 0.25) is 0 Å². The van der Waals surface area contributed by atoms with E-state index >= 15 is 0 Å². The molecule has 0 unspecified atom stereocenters. The number of hydrogen-bond acceptors (Lipinski definition) is 5. The number of hydrogen-bond donors (Lipinski definition) is 3. The van der Waals surface area contributed by atoms with Crippen molar-refractivity contribution in [1.29, 1.82) is 0 Å². The van der Waals surface area contributed by atoms with Gasteiger partial charge in [-0.1, -0.05) is 39.0 Å². The van der Waals surface area contributed by atoms with Crippen LogP contribution < -0.4 is 16.4 Å². The molecule has 0 atom stereocenters. The molecule has 1 aromatic rings. The second kappa shape index (κ2) is 4.60. The molecule has 0 aliphatic heterocycles. The Labute approximate surface area is 129 Å². The molecule has 1 amide bonds. The van der Waals surface area contributed by atoms with E-state index in [1.165, 1.54) is 24.2 Å². The molecule has 0 saturated heterocycles. The highest BCUT2D eigenvalue weighted by Gasteiger charge is 2.64. The minimum absolute atomic E-state index is 0.104. The highest BCUT2D eigenvalue weighted by atomic mass is 32.1. The maximum Gasteiger partial charge on any atom is 0.265 e. The number of nitrogens with two attached hydrogens (primary N) is 1. The molecule has 2 fully saturated rings. The topological polar surface area (TPSA) is 80.0 Å². The minimum Gasteiger partial charge on any atom is -0.382 e. The molecule has 0 spiro atoms. The number of nitrogens with zero attached hydrogens (tertiary/aromatic N) is 1. The number of nitrogen functional groups attached to an aromatic ring is 1. The van der Waals surface area contributed by atoms with E-state index in [1.54, 1.807) is 0 Å². The first-order chi connectivity index (χ1) is 9.73. The molecule has 21 heavy (non-hydrogen) atoms. The fraction of sp³-hybridized carbons (Fsp3) is 0.733. The van der Waals surface area contributed by atoms with Crippen molar-refractivity contribution in [2.24, 2.45) is 16.7 Å². The Bertz CT molecular complexity index is 560. The minimum atomic E-state index is -0.104. The molecule has 3 rings (SSSR count). The van der Waals surface area contributed by atoms with Gasteiger partial charge in [0.1, 0.15) is 10.7 Å². The fourth-order valence-corrected chi connectivity index (χ4v) is 3.96. The number of carbonyl (C=O) groups excluding carboxylic acids is 1. The zero-order chi connectivity index (χ0) is 15.4. The van der Waals surface area contributed by atoms with E-state index in [-0.39, 0.29) is 16.7 Å². The molecule has 6 heteroatoms. The third-order valence-corrected chi connectivity index (χ3v) is 6.55. The second-order valence-electron chi connectivity index (χ2n) is 7.36. The Hall–Kier alpha value is -1.30. The zero-order valence-electron chi connectivity index (χ0n) is 13.1. The predicted molar refractivity (Wildman–Crippen MR) is 86.6 cm³/mol. The summed E-state index contributed by atoms with van der Waals surface area (Å²) in [6, 6.07) is 0.513. The van der Waals surface area contributed by atoms with Crippen molar-refractivity contribution < 1.29 is 4.79 Å².